The quantitative estimate of drug-likeness (QED) is 0.540. The molecule has 0 atom stereocenters. The molecule has 182 valence electrons. The summed E-state index contributed by atoms with van der Waals surface area (Å²) in [7, 11) is -3.58. The number of nitrogen functional groups attached to an aromatic ring is 1. The molecule has 3 aromatic rings. The number of rotatable bonds is 6. The third kappa shape index (κ3) is 4.52. The number of carbonyl (C=O) groups is 1. The fourth-order valence-corrected chi connectivity index (χ4v) is 5.95. The number of aromatic nitrogens is 2. The van der Waals surface area contributed by atoms with Gasteiger partial charge in [-0.25, -0.2) is 18.4 Å². The lowest BCUT2D eigenvalue weighted by Gasteiger charge is -2.40. The van der Waals surface area contributed by atoms with Gasteiger partial charge in [0.05, 0.1) is 23.5 Å². The molecular weight excluding hydrogens is 466 g/mol. The first-order valence-electron chi connectivity index (χ1n) is 11.6. The Morgan fingerprint density at radius 2 is 1.57 bits per heavy atom. The number of nitrogens with one attached hydrogen (secondary N) is 1. The zero-order valence-corrected chi connectivity index (χ0v) is 20.0. The van der Waals surface area contributed by atoms with Crippen LogP contribution >= 0.6 is 0 Å². The van der Waals surface area contributed by atoms with Crippen LogP contribution in [0.15, 0.2) is 65.8 Å². The van der Waals surface area contributed by atoms with E-state index in [1.165, 1.54) is 16.4 Å². The Morgan fingerprint density at radius 1 is 0.943 bits per heavy atom. The highest BCUT2D eigenvalue weighted by Gasteiger charge is 2.45. The van der Waals surface area contributed by atoms with Gasteiger partial charge in [-0.1, -0.05) is 30.7 Å². The summed E-state index contributed by atoms with van der Waals surface area (Å²) >= 11 is 0. The molecule has 2 heterocycles. The monoisotopic (exact) mass is 493 g/mol. The number of morpholine rings is 1. The first kappa shape index (κ1) is 23.4. The van der Waals surface area contributed by atoms with Crippen molar-refractivity contribution < 1.29 is 17.9 Å². The van der Waals surface area contributed by atoms with E-state index >= 15 is 0 Å². The van der Waals surface area contributed by atoms with Crippen LogP contribution in [0.3, 0.4) is 0 Å². The summed E-state index contributed by atoms with van der Waals surface area (Å²) in [4.78, 5) is 21.6. The second-order valence-electron chi connectivity index (χ2n) is 8.84. The third-order valence-electron chi connectivity index (χ3n) is 6.80. The number of benzene rings is 2. The lowest BCUT2D eigenvalue weighted by atomic mass is 9.63. The molecule has 35 heavy (non-hydrogen) atoms. The Kier molecular flexibility index (Phi) is 6.26. The zero-order valence-electron chi connectivity index (χ0n) is 19.2. The van der Waals surface area contributed by atoms with Gasteiger partial charge in [0.25, 0.3) is 0 Å². The van der Waals surface area contributed by atoms with Crippen molar-refractivity contribution in [3.8, 4) is 11.1 Å². The second-order valence-corrected chi connectivity index (χ2v) is 10.8. The number of anilines is 2. The Morgan fingerprint density at radius 3 is 2.14 bits per heavy atom. The van der Waals surface area contributed by atoms with E-state index in [4.69, 9.17) is 10.5 Å². The average molecular weight is 494 g/mol. The smallest absolute Gasteiger partial charge is 0.243 e. The molecule has 1 aliphatic heterocycles. The van der Waals surface area contributed by atoms with Crippen LogP contribution in [0.5, 0.6) is 0 Å². The summed E-state index contributed by atoms with van der Waals surface area (Å²) in [6.07, 6.45) is 5.83. The molecule has 5 rings (SSSR count). The van der Waals surface area contributed by atoms with Crippen LogP contribution in [-0.4, -0.2) is 54.9 Å². The normalized spacial score (nSPS) is 17.9. The fourth-order valence-electron chi connectivity index (χ4n) is 4.54. The largest absolute Gasteiger partial charge is 0.379 e. The minimum Gasteiger partial charge on any atom is -0.379 e. The fraction of sp³-hybridized carbons (Fsp3) is 0.320. The van der Waals surface area contributed by atoms with Crippen molar-refractivity contribution in [2.24, 2.45) is 0 Å². The number of ether oxygens (including phenoxy) is 1. The molecule has 2 fully saturated rings. The van der Waals surface area contributed by atoms with E-state index in [0.29, 0.717) is 32.0 Å². The molecule has 0 bridgehead atoms. The Labute approximate surface area is 204 Å². The molecule has 0 spiro atoms. The van der Waals surface area contributed by atoms with Crippen LogP contribution in [-0.2, 0) is 25.0 Å². The minimum atomic E-state index is -3.58. The number of carbonyl (C=O) groups excluding carboxylic acids is 1. The number of amides is 1. The van der Waals surface area contributed by atoms with Crippen molar-refractivity contribution in [3.63, 3.8) is 0 Å². The molecule has 1 saturated heterocycles. The van der Waals surface area contributed by atoms with E-state index in [1.54, 1.807) is 24.5 Å². The number of nitrogens with zero attached hydrogens (tertiary/aromatic N) is 3. The Hall–Kier alpha value is -3.34. The van der Waals surface area contributed by atoms with Crippen LogP contribution < -0.4 is 11.1 Å². The molecule has 1 aliphatic carbocycles. The Bertz CT molecular complexity index is 1300. The average Bonchev–Trinajstić information content (AvgIpc) is 2.85. The van der Waals surface area contributed by atoms with Crippen LogP contribution in [0, 0.1) is 0 Å². The maximum Gasteiger partial charge on any atom is 0.243 e. The van der Waals surface area contributed by atoms with Crippen molar-refractivity contribution >= 4 is 27.6 Å². The van der Waals surface area contributed by atoms with E-state index in [2.05, 4.69) is 15.3 Å². The number of nitrogens with two attached hydrogens (primary N) is 1. The van der Waals surface area contributed by atoms with E-state index in [0.717, 1.165) is 36.0 Å². The molecule has 0 radical (unpaired) electrons. The molecule has 10 heteroatoms. The van der Waals surface area contributed by atoms with Crippen molar-refractivity contribution in [1.29, 1.82) is 0 Å². The van der Waals surface area contributed by atoms with Gasteiger partial charge in [-0.2, -0.15) is 4.31 Å². The molecule has 1 saturated carbocycles. The molecule has 2 aromatic carbocycles. The standard InChI is InChI=1S/C25H27N5O4S/c26-24-27-16-19(17-28-24)18-2-4-20(5-3-18)25(10-1-11-25)23(31)29-21-6-8-22(9-7-21)35(32,33)30-12-14-34-15-13-30/h2-9,16-17H,1,10-15H2,(H,29,31)(H2,26,27,28). The zero-order chi connectivity index (χ0) is 24.5. The highest BCUT2D eigenvalue weighted by atomic mass is 32.2. The van der Waals surface area contributed by atoms with Gasteiger partial charge in [0.2, 0.25) is 21.9 Å². The molecular formula is C25H27N5O4S. The van der Waals surface area contributed by atoms with Crippen LogP contribution in [0.25, 0.3) is 11.1 Å². The van der Waals surface area contributed by atoms with E-state index in [-0.39, 0.29) is 16.8 Å². The predicted octanol–water partition coefficient (Wildman–Crippen LogP) is 2.81. The molecule has 2 aliphatic rings. The van der Waals surface area contributed by atoms with E-state index < -0.39 is 15.4 Å². The van der Waals surface area contributed by atoms with Crippen molar-refractivity contribution in [3.05, 3.63) is 66.5 Å². The van der Waals surface area contributed by atoms with E-state index in [9.17, 15) is 13.2 Å². The summed E-state index contributed by atoms with van der Waals surface area (Å²) in [5, 5.41) is 2.99. The van der Waals surface area contributed by atoms with Crippen molar-refractivity contribution in [1.82, 2.24) is 14.3 Å². The summed E-state index contributed by atoms with van der Waals surface area (Å²) in [6, 6.07) is 14.2. The number of hydrogen-bond donors (Lipinski definition) is 2. The minimum absolute atomic E-state index is 0.0869. The topological polar surface area (TPSA) is 128 Å². The Balaban J connectivity index is 1.31. The lowest BCUT2D eigenvalue weighted by Crippen LogP contribution is -2.46. The summed E-state index contributed by atoms with van der Waals surface area (Å²) in [5.41, 5.74) is 8.28. The van der Waals surface area contributed by atoms with Gasteiger partial charge in [0.15, 0.2) is 0 Å². The number of hydrogen-bond acceptors (Lipinski definition) is 7. The van der Waals surface area contributed by atoms with E-state index in [1.807, 2.05) is 24.3 Å². The van der Waals surface area contributed by atoms with Gasteiger partial charge in [-0.15, -0.1) is 0 Å². The van der Waals surface area contributed by atoms with Crippen molar-refractivity contribution in [2.45, 2.75) is 29.6 Å². The summed E-state index contributed by atoms with van der Waals surface area (Å²) in [6.45, 7) is 1.47. The maximum atomic E-state index is 13.4. The number of sulfonamides is 1. The SMILES string of the molecule is Nc1ncc(-c2ccc(C3(C(=O)Nc4ccc(S(=O)(=O)N5CCOCC5)cc4)CCC3)cc2)cn1. The van der Waals surface area contributed by atoms with Gasteiger partial charge in [-0.05, 0) is 48.2 Å². The first-order valence-corrected chi connectivity index (χ1v) is 13.0. The van der Waals surface area contributed by atoms with Crippen LogP contribution in [0.4, 0.5) is 11.6 Å². The molecule has 1 amide bonds. The molecule has 3 N–H and O–H groups in total. The van der Waals surface area contributed by atoms with Gasteiger partial charge < -0.3 is 15.8 Å². The summed E-state index contributed by atoms with van der Waals surface area (Å²) in [5.74, 6) is 0.137. The maximum absolute atomic E-state index is 13.4. The van der Waals surface area contributed by atoms with Crippen LogP contribution in [0.1, 0.15) is 24.8 Å². The summed E-state index contributed by atoms with van der Waals surface area (Å²) < 4.78 is 32.3. The first-order chi connectivity index (χ1) is 16.9. The van der Waals surface area contributed by atoms with Gasteiger partial charge in [0, 0.05) is 36.7 Å². The van der Waals surface area contributed by atoms with Crippen LogP contribution in [0.2, 0.25) is 0 Å². The molecule has 1 aromatic heterocycles. The third-order valence-corrected chi connectivity index (χ3v) is 8.72. The molecule has 0 unspecified atom stereocenters. The lowest BCUT2D eigenvalue weighted by molar-refractivity contribution is -0.124. The van der Waals surface area contributed by atoms with Gasteiger partial charge in [-0.3, -0.25) is 4.79 Å². The van der Waals surface area contributed by atoms with Gasteiger partial charge >= 0.3 is 0 Å². The second kappa shape index (κ2) is 9.37. The highest BCUT2D eigenvalue weighted by molar-refractivity contribution is 7.89. The molecule has 9 nitrogen and oxygen atoms in total. The van der Waals surface area contributed by atoms with Gasteiger partial charge in [0.1, 0.15) is 0 Å². The van der Waals surface area contributed by atoms with Crippen molar-refractivity contribution in [2.75, 3.05) is 37.4 Å². The predicted molar refractivity (Wildman–Crippen MR) is 132 cm³/mol. The highest BCUT2D eigenvalue weighted by Crippen LogP contribution is 2.45.